The van der Waals surface area contributed by atoms with Crippen molar-refractivity contribution in [2.24, 2.45) is 5.73 Å². The van der Waals surface area contributed by atoms with Gasteiger partial charge >= 0.3 is 0 Å². The first kappa shape index (κ1) is 16.9. The molecule has 2 amide bonds. The van der Waals surface area contributed by atoms with Gasteiger partial charge in [0.25, 0.3) is 5.78 Å². The second-order valence-electron chi connectivity index (χ2n) is 5.14. The van der Waals surface area contributed by atoms with E-state index in [4.69, 9.17) is 5.73 Å². The largest absolute Gasteiger partial charge is 0.370 e. The number of para-hydroxylation sites is 1. The quantitative estimate of drug-likeness (QED) is 0.636. The SMILES string of the molecule is NC(=O)CCN(C(=O)CSc1nc2ncccn2n1)c1ccccc1. The first-order valence-electron chi connectivity index (χ1n) is 7.57. The minimum Gasteiger partial charge on any atom is -0.370 e. The van der Waals surface area contributed by atoms with Gasteiger partial charge in [0.15, 0.2) is 0 Å². The molecule has 128 valence electrons. The van der Waals surface area contributed by atoms with E-state index in [-0.39, 0.29) is 24.6 Å². The number of benzene rings is 1. The van der Waals surface area contributed by atoms with Crippen LogP contribution in [-0.4, -0.2) is 43.7 Å². The molecule has 2 aromatic heterocycles. The van der Waals surface area contributed by atoms with Crippen LogP contribution in [0.5, 0.6) is 0 Å². The minimum absolute atomic E-state index is 0.0990. The molecule has 0 aliphatic carbocycles. The van der Waals surface area contributed by atoms with Crippen LogP contribution in [0.4, 0.5) is 5.69 Å². The van der Waals surface area contributed by atoms with E-state index in [0.29, 0.717) is 10.9 Å². The maximum atomic E-state index is 12.6. The molecule has 1 aromatic carbocycles. The van der Waals surface area contributed by atoms with Crippen molar-refractivity contribution in [3.8, 4) is 0 Å². The van der Waals surface area contributed by atoms with Gasteiger partial charge in [0.05, 0.1) is 5.75 Å². The summed E-state index contributed by atoms with van der Waals surface area (Å²) in [7, 11) is 0. The maximum absolute atomic E-state index is 12.6. The van der Waals surface area contributed by atoms with Crippen LogP contribution in [0.1, 0.15) is 6.42 Å². The summed E-state index contributed by atoms with van der Waals surface area (Å²) >= 11 is 1.22. The van der Waals surface area contributed by atoms with Gasteiger partial charge in [-0.2, -0.15) is 4.98 Å². The number of anilines is 1. The lowest BCUT2D eigenvalue weighted by molar-refractivity contribution is -0.118. The van der Waals surface area contributed by atoms with Crippen molar-refractivity contribution in [2.75, 3.05) is 17.2 Å². The molecule has 0 saturated heterocycles. The standard InChI is InChI=1S/C16H16N6O2S/c17-13(23)7-10-21(12-5-2-1-3-6-12)14(24)11-25-16-19-15-18-8-4-9-22(15)20-16/h1-6,8-9H,7,10-11H2,(H2,17,23). The van der Waals surface area contributed by atoms with E-state index >= 15 is 0 Å². The molecule has 2 heterocycles. The number of nitrogens with two attached hydrogens (primary N) is 1. The number of rotatable bonds is 7. The van der Waals surface area contributed by atoms with Crippen molar-refractivity contribution < 1.29 is 9.59 Å². The number of thioether (sulfide) groups is 1. The number of fused-ring (bicyclic) bond motifs is 1. The second kappa shape index (κ2) is 7.75. The summed E-state index contributed by atoms with van der Waals surface area (Å²) in [5, 5.41) is 4.72. The molecule has 0 atom stereocenters. The van der Waals surface area contributed by atoms with Crippen molar-refractivity contribution in [3.63, 3.8) is 0 Å². The van der Waals surface area contributed by atoms with E-state index < -0.39 is 5.91 Å². The third kappa shape index (κ3) is 4.32. The topological polar surface area (TPSA) is 106 Å². The zero-order chi connectivity index (χ0) is 17.6. The molecule has 0 radical (unpaired) electrons. The molecule has 0 aliphatic rings. The van der Waals surface area contributed by atoms with Gasteiger partial charge in [-0.15, -0.1) is 5.10 Å². The van der Waals surface area contributed by atoms with Gasteiger partial charge in [0.1, 0.15) is 0 Å². The number of aromatic nitrogens is 4. The third-order valence-electron chi connectivity index (χ3n) is 3.37. The Hall–Kier alpha value is -2.94. The lowest BCUT2D eigenvalue weighted by Gasteiger charge is -2.22. The van der Waals surface area contributed by atoms with Gasteiger partial charge in [-0.3, -0.25) is 9.59 Å². The van der Waals surface area contributed by atoms with Crippen LogP contribution in [0.25, 0.3) is 5.78 Å². The number of amides is 2. The molecule has 0 fully saturated rings. The van der Waals surface area contributed by atoms with Gasteiger partial charge in [0.2, 0.25) is 17.0 Å². The molecule has 0 spiro atoms. The number of primary amides is 1. The first-order valence-corrected chi connectivity index (χ1v) is 8.56. The van der Waals surface area contributed by atoms with Crippen LogP contribution < -0.4 is 10.6 Å². The lowest BCUT2D eigenvalue weighted by Crippen LogP contribution is -2.35. The van der Waals surface area contributed by atoms with Gasteiger partial charge in [-0.05, 0) is 18.2 Å². The highest BCUT2D eigenvalue weighted by Gasteiger charge is 2.17. The summed E-state index contributed by atoms with van der Waals surface area (Å²) in [5.74, 6) is 0.0229. The maximum Gasteiger partial charge on any atom is 0.253 e. The van der Waals surface area contributed by atoms with Crippen LogP contribution in [0.2, 0.25) is 0 Å². The van der Waals surface area contributed by atoms with E-state index in [0.717, 1.165) is 5.69 Å². The zero-order valence-corrected chi connectivity index (χ0v) is 14.1. The molecule has 9 heteroatoms. The molecule has 0 saturated carbocycles. The summed E-state index contributed by atoms with van der Waals surface area (Å²) in [5.41, 5.74) is 5.94. The number of carbonyl (C=O) groups is 2. The Morgan fingerprint density at radius 1 is 1.20 bits per heavy atom. The zero-order valence-electron chi connectivity index (χ0n) is 13.3. The molecule has 25 heavy (non-hydrogen) atoms. The number of carbonyl (C=O) groups excluding carboxylic acids is 2. The highest BCUT2D eigenvalue weighted by molar-refractivity contribution is 7.99. The van der Waals surface area contributed by atoms with Crippen LogP contribution >= 0.6 is 11.8 Å². The van der Waals surface area contributed by atoms with E-state index in [1.54, 1.807) is 27.9 Å². The molecule has 0 bridgehead atoms. The number of hydrogen-bond acceptors (Lipinski definition) is 6. The highest BCUT2D eigenvalue weighted by Crippen LogP contribution is 2.18. The molecular formula is C16H16N6O2S. The second-order valence-corrected chi connectivity index (χ2v) is 6.09. The Kier molecular flexibility index (Phi) is 5.24. The normalized spacial score (nSPS) is 10.7. The summed E-state index contributed by atoms with van der Waals surface area (Å²) in [6.45, 7) is 0.235. The van der Waals surface area contributed by atoms with Crippen molar-refractivity contribution in [3.05, 3.63) is 48.8 Å². The van der Waals surface area contributed by atoms with E-state index in [1.165, 1.54) is 11.8 Å². The van der Waals surface area contributed by atoms with Crippen LogP contribution in [0.3, 0.4) is 0 Å². The molecular weight excluding hydrogens is 340 g/mol. The molecule has 8 nitrogen and oxygen atoms in total. The van der Waals surface area contributed by atoms with Gasteiger partial charge < -0.3 is 10.6 Å². The van der Waals surface area contributed by atoms with E-state index in [9.17, 15) is 9.59 Å². The number of hydrogen-bond donors (Lipinski definition) is 1. The Morgan fingerprint density at radius 3 is 2.72 bits per heavy atom. The summed E-state index contributed by atoms with van der Waals surface area (Å²) in [6.07, 6.45) is 3.47. The molecule has 2 N–H and O–H groups in total. The Balaban J connectivity index is 1.69. The Morgan fingerprint density at radius 2 is 2.00 bits per heavy atom. The monoisotopic (exact) mass is 356 g/mol. The average molecular weight is 356 g/mol. The summed E-state index contributed by atoms with van der Waals surface area (Å²) in [4.78, 5) is 33.6. The summed E-state index contributed by atoms with van der Waals surface area (Å²) < 4.78 is 1.55. The van der Waals surface area contributed by atoms with Crippen molar-refractivity contribution in [1.29, 1.82) is 0 Å². The molecule has 3 aromatic rings. The fourth-order valence-corrected chi connectivity index (χ4v) is 2.91. The smallest absolute Gasteiger partial charge is 0.253 e. The lowest BCUT2D eigenvalue weighted by atomic mass is 10.2. The van der Waals surface area contributed by atoms with E-state index in [1.807, 2.05) is 30.3 Å². The predicted molar refractivity (Wildman–Crippen MR) is 94.1 cm³/mol. The molecule has 3 rings (SSSR count). The minimum atomic E-state index is -0.450. The fraction of sp³-hybridized carbons (Fsp3) is 0.188. The first-order chi connectivity index (χ1) is 12.1. The fourth-order valence-electron chi connectivity index (χ4n) is 2.21. The van der Waals surface area contributed by atoms with Gasteiger partial charge in [0, 0.05) is 31.0 Å². The number of nitrogens with zero attached hydrogens (tertiary/aromatic N) is 5. The van der Waals surface area contributed by atoms with Crippen molar-refractivity contribution in [2.45, 2.75) is 11.6 Å². The molecule has 0 unspecified atom stereocenters. The predicted octanol–water partition coefficient (Wildman–Crippen LogP) is 1.12. The van der Waals surface area contributed by atoms with Crippen LogP contribution in [0, 0.1) is 0 Å². The van der Waals surface area contributed by atoms with Gasteiger partial charge in [-0.1, -0.05) is 30.0 Å². The summed E-state index contributed by atoms with van der Waals surface area (Å²) in [6, 6.07) is 10.9. The Bertz CT molecular complexity index is 849. The molecule has 0 aliphatic heterocycles. The van der Waals surface area contributed by atoms with Crippen LogP contribution in [0.15, 0.2) is 53.9 Å². The highest BCUT2D eigenvalue weighted by atomic mass is 32.2. The van der Waals surface area contributed by atoms with Crippen molar-refractivity contribution in [1.82, 2.24) is 19.6 Å². The van der Waals surface area contributed by atoms with Gasteiger partial charge in [-0.25, -0.2) is 9.50 Å². The van der Waals surface area contributed by atoms with E-state index in [2.05, 4.69) is 15.1 Å². The van der Waals surface area contributed by atoms with Crippen LogP contribution in [-0.2, 0) is 9.59 Å². The average Bonchev–Trinajstić information content (AvgIpc) is 3.04. The third-order valence-corrected chi connectivity index (χ3v) is 4.20. The van der Waals surface area contributed by atoms with Crippen molar-refractivity contribution >= 4 is 35.0 Å². The Labute approximate surface area is 148 Å².